The van der Waals surface area contributed by atoms with Crippen LogP contribution in [0.3, 0.4) is 0 Å². The van der Waals surface area contributed by atoms with Crippen LogP contribution >= 0.6 is 0 Å². The van der Waals surface area contributed by atoms with E-state index in [0.717, 1.165) is 12.4 Å². The number of hydrogen-bond acceptors (Lipinski definition) is 6. The molecule has 0 radical (unpaired) electrons. The third kappa shape index (κ3) is 2.48. The molecule has 0 aliphatic carbocycles. The standard InChI is InChI=1S/C13H14FN3O5/c1-3-5-13(14)9(19)8(7(18)4-2)22-10(13)17-6-15-11(20)16-12(17)21/h4,6-10,18-19H,2H2,1H3,(H,16,20,21)/t7-,8-,9+,10-,13?/m1/s1. The molecule has 1 fully saturated rings. The van der Waals surface area contributed by atoms with Crippen LogP contribution in [0, 0.1) is 11.8 Å². The second kappa shape index (κ2) is 5.84. The summed E-state index contributed by atoms with van der Waals surface area (Å²) in [5.74, 6) is 4.46. The average Bonchev–Trinajstić information content (AvgIpc) is 2.72. The van der Waals surface area contributed by atoms with Crippen LogP contribution in [-0.4, -0.2) is 48.7 Å². The second-order valence-electron chi connectivity index (χ2n) is 4.65. The van der Waals surface area contributed by atoms with Crippen LogP contribution in [0.25, 0.3) is 0 Å². The SMILES string of the molecule is C=C[C@@H](O)[C@H]1O[C@@H](n2cnc(=O)[nH]c2=O)C(F)(C#CC)[C@H]1O. The monoisotopic (exact) mass is 311 g/mol. The lowest BCUT2D eigenvalue weighted by Gasteiger charge is -2.23. The lowest BCUT2D eigenvalue weighted by molar-refractivity contribution is -0.0729. The van der Waals surface area contributed by atoms with Gasteiger partial charge in [0.2, 0.25) is 5.67 Å². The van der Waals surface area contributed by atoms with Crippen molar-refractivity contribution in [3.05, 3.63) is 40.0 Å². The van der Waals surface area contributed by atoms with Crippen molar-refractivity contribution in [1.29, 1.82) is 0 Å². The topological polar surface area (TPSA) is 117 Å². The van der Waals surface area contributed by atoms with Crippen LogP contribution in [0.5, 0.6) is 0 Å². The van der Waals surface area contributed by atoms with E-state index in [0.29, 0.717) is 4.57 Å². The molecule has 1 aromatic heterocycles. The Morgan fingerprint density at radius 1 is 1.68 bits per heavy atom. The van der Waals surface area contributed by atoms with Crippen LogP contribution in [0.2, 0.25) is 0 Å². The van der Waals surface area contributed by atoms with E-state index >= 15 is 4.39 Å². The molecule has 1 saturated heterocycles. The predicted octanol–water partition coefficient (Wildman–Crippen LogP) is -1.53. The molecule has 22 heavy (non-hydrogen) atoms. The molecule has 8 nitrogen and oxygen atoms in total. The summed E-state index contributed by atoms with van der Waals surface area (Å²) in [5, 5.41) is 19.8. The lowest BCUT2D eigenvalue weighted by atomic mass is 9.94. The number of aromatic amines is 1. The van der Waals surface area contributed by atoms with E-state index in [1.54, 1.807) is 0 Å². The van der Waals surface area contributed by atoms with Gasteiger partial charge in [0.25, 0.3) is 0 Å². The number of aliphatic hydroxyl groups excluding tert-OH is 2. The number of halogens is 1. The van der Waals surface area contributed by atoms with Gasteiger partial charge in [-0.05, 0) is 6.92 Å². The van der Waals surface area contributed by atoms with Crippen molar-refractivity contribution >= 4 is 0 Å². The average molecular weight is 311 g/mol. The van der Waals surface area contributed by atoms with E-state index < -0.39 is 41.6 Å². The molecule has 1 unspecified atom stereocenters. The maximum absolute atomic E-state index is 15.1. The molecule has 0 aromatic carbocycles. The first-order chi connectivity index (χ1) is 10.3. The second-order valence-corrected chi connectivity index (χ2v) is 4.65. The van der Waals surface area contributed by atoms with E-state index in [4.69, 9.17) is 4.74 Å². The Hall–Kier alpha value is -2.28. The fourth-order valence-corrected chi connectivity index (χ4v) is 2.23. The van der Waals surface area contributed by atoms with Gasteiger partial charge in [-0.15, -0.1) is 12.5 Å². The Morgan fingerprint density at radius 3 is 2.91 bits per heavy atom. The Morgan fingerprint density at radius 2 is 2.36 bits per heavy atom. The molecule has 5 atom stereocenters. The molecule has 0 saturated carbocycles. The van der Waals surface area contributed by atoms with E-state index in [1.165, 1.54) is 6.92 Å². The summed E-state index contributed by atoms with van der Waals surface area (Å²) in [6, 6.07) is 0. The van der Waals surface area contributed by atoms with E-state index in [2.05, 4.69) is 23.4 Å². The third-order valence-corrected chi connectivity index (χ3v) is 3.28. The minimum Gasteiger partial charge on any atom is -0.386 e. The summed E-state index contributed by atoms with van der Waals surface area (Å²) in [7, 11) is 0. The number of hydrogen-bond donors (Lipinski definition) is 3. The van der Waals surface area contributed by atoms with Crippen molar-refractivity contribution < 1.29 is 19.3 Å². The smallest absolute Gasteiger partial charge is 0.350 e. The first kappa shape index (κ1) is 16.1. The number of aliphatic hydroxyl groups is 2. The van der Waals surface area contributed by atoms with Crippen LogP contribution in [0.1, 0.15) is 13.2 Å². The van der Waals surface area contributed by atoms with Crippen molar-refractivity contribution in [3.8, 4) is 11.8 Å². The van der Waals surface area contributed by atoms with Gasteiger partial charge in [-0.2, -0.15) is 4.98 Å². The molecule has 0 bridgehead atoms. The number of rotatable bonds is 3. The van der Waals surface area contributed by atoms with Gasteiger partial charge < -0.3 is 14.9 Å². The zero-order valence-electron chi connectivity index (χ0n) is 11.6. The molecule has 1 aliphatic rings. The van der Waals surface area contributed by atoms with Gasteiger partial charge in [0.15, 0.2) is 6.23 Å². The van der Waals surface area contributed by atoms with E-state index in [1.807, 2.05) is 4.98 Å². The molecular weight excluding hydrogens is 297 g/mol. The quantitative estimate of drug-likeness (QED) is 0.460. The van der Waals surface area contributed by atoms with Gasteiger partial charge in [-0.25, -0.2) is 14.0 Å². The van der Waals surface area contributed by atoms with Gasteiger partial charge in [-0.3, -0.25) is 9.55 Å². The highest BCUT2D eigenvalue weighted by atomic mass is 19.1. The number of H-pyrrole nitrogens is 1. The Labute approximate surface area is 123 Å². The highest BCUT2D eigenvalue weighted by molar-refractivity contribution is 5.23. The van der Waals surface area contributed by atoms with E-state index in [-0.39, 0.29) is 0 Å². The zero-order valence-corrected chi connectivity index (χ0v) is 11.6. The molecule has 1 aliphatic heterocycles. The minimum absolute atomic E-state index is 0.658. The minimum atomic E-state index is -2.67. The molecule has 1 aromatic rings. The van der Waals surface area contributed by atoms with Crippen molar-refractivity contribution in [1.82, 2.24) is 14.5 Å². The van der Waals surface area contributed by atoms with Crippen molar-refractivity contribution in [3.63, 3.8) is 0 Å². The largest absolute Gasteiger partial charge is 0.386 e. The van der Waals surface area contributed by atoms with E-state index in [9.17, 15) is 19.8 Å². The maximum Gasteiger partial charge on any atom is 0.350 e. The van der Waals surface area contributed by atoms with Crippen LogP contribution in [-0.2, 0) is 4.74 Å². The van der Waals surface area contributed by atoms with Gasteiger partial charge in [0.05, 0.1) is 0 Å². The summed E-state index contributed by atoms with van der Waals surface area (Å²) in [6.45, 7) is 4.68. The Balaban J connectivity index is 2.56. The molecule has 118 valence electrons. The van der Waals surface area contributed by atoms with Gasteiger partial charge in [-0.1, -0.05) is 12.0 Å². The summed E-state index contributed by atoms with van der Waals surface area (Å²) in [4.78, 5) is 27.9. The molecule has 2 rings (SSSR count). The fourth-order valence-electron chi connectivity index (χ4n) is 2.23. The van der Waals surface area contributed by atoms with Crippen LogP contribution in [0.15, 0.2) is 28.6 Å². The Bertz CT molecular complexity index is 748. The number of nitrogens with zero attached hydrogens (tertiary/aromatic N) is 2. The van der Waals surface area contributed by atoms with Crippen molar-refractivity contribution in [2.45, 2.75) is 37.1 Å². The zero-order chi connectivity index (χ0) is 16.5. The Kier molecular flexibility index (Phi) is 4.27. The molecule has 0 amide bonds. The summed E-state index contributed by atoms with van der Waals surface area (Å²) in [5.41, 5.74) is -4.56. The van der Waals surface area contributed by atoms with Crippen molar-refractivity contribution in [2.24, 2.45) is 0 Å². The number of ether oxygens (including phenoxy) is 1. The number of alkyl halides is 1. The number of aromatic nitrogens is 3. The molecule has 3 N–H and O–H groups in total. The third-order valence-electron chi connectivity index (χ3n) is 3.28. The maximum atomic E-state index is 15.1. The highest BCUT2D eigenvalue weighted by Crippen LogP contribution is 2.41. The highest BCUT2D eigenvalue weighted by Gasteiger charge is 2.59. The number of nitrogens with one attached hydrogen (secondary N) is 1. The molecule has 2 heterocycles. The summed E-state index contributed by atoms with van der Waals surface area (Å²) in [6.07, 6.45) is -4.44. The first-order valence-electron chi connectivity index (χ1n) is 6.29. The summed E-state index contributed by atoms with van der Waals surface area (Å²) < 4.78 is 21.0. The lowest BCUT2D eigenvalue weighted by Crippen LogP contribution is -2.46. The van der Waals surface area contributed by atoms with Crippen LogP contribution in [0.4, 0.5) is 4.39 Å². The molecule has 9 heteroatoms. The molecular formula is C13H14FN3O5. The molecule has 0 spiro atoms. The van der Waals surface area contributed by atoms with Gasteiger partial charge >= 0.3 is 11.4 Å². The fraction of sp³-hybridized carbons (Fsp3) is 0.462. The normalized spacial score (nSPS) is 32.1. The van der Waals surface area contributed by atoms with Gasteiger partial charge in [0, 0.05) is 0 Å². The van der Waals surface area contributed by atoms with Crippen molar-refractivity contribution in [2.75, 3.05) is 0 Å². The van der Waals surface area contributed by atoms with Crippen LogP contribution < -0.4 is 11.4 Å². The van der Waals surface area contributed by atoms with Gasteiger partial charge in [0.1, 0.15) is 24.6 Å². The first-order valence-corrected chi connectivity index (χ1v) is 6.29. The summed E-state index contributed by atoms with van der Waals surface area (Å²) >= 11 is 0. The predicted molar refractivity (Wildman–Crippen MR) is 72.5 cm³/mol.